The predicted molar refractivity (Wildman–Crippen MR) is 145 cm³/mol. The monoisotopic (exact) mass is 500 g/mol. The largest absolute Gasteiger partial charge is 0.334 e. The van der Waals surface area contributed by atoms with E-state index in [4.69, 9.17) is 4.98 Å². The molecular weight excluding hydrogens is 467 g/mol. The van der Waals surface area contributed by atoms with E-state index in [0.717, 1.165) is 24.8 Å². The minimum Gasteiger partial charge on any atom is -0.334 e. The molecule has 0 aliphatic rings. The number of nitrogens with zero attached hydrogens (tertiary/aromatic N) is 3. The number of carbonyl (C=O) groups excluding carboxylic acids is 1. The third-order valence-corrected chi connectivity index (χ3v) is 6.50. The number of rotatable bonds is 10. The third kappa shape index (κ3) is 6.05. The van der Waals surface area contributed by atoms with E-state index in [-0.39, 0.29) is 17.4 Å². The van der Waals surface area contributed by atoms with Gasteiger partial charge in [0.1, 0.15) is 11.6 Å². The first-order chi connectivity index (χ1) is 18.0. The van der Waals surface area contributed by atoms with Gasteiger partial charge in [0.05, 0.1) is 22.6 Å². The maximum absolute atomic E-state index is 13.7. The Morgan fingerprint density at radius 2 is 1.68 bits per heavy atom. The second-order valence-corrected chi connectivity index (χ2v) is 9.07. The maximum Gasteiger partial charge on any atom is 0.318 e. The van der Waals surface area contributed by atoms with E-state index in [1.54, 1.807) is 35.2 Å². The Balaban J connectivity index is 1.79. The zero-order chi connectivity index (χ0) is 26.2. The van der Waals surface area contributed by atoms with Crippen molar-refractivity contribution in [3.8, 4) is 5.69 Å². The molecule has 1 N–H and O–H groups in total. The molecule has 1 heterocycles. The number of unbranched alkanes of at least 4 members (excludes halogenated alkanes) is 2. The molecule has 3 aromatic carbocycles. The van der Waals surface area contributed by atoms with Crippen molar-refractivity contribution in [2.75, 3.05) is 6.54 Å². The summed E-state index contributed by atoms with van der Waals surface area (Å²) in [5, 5.41) is 3.52. The summed E-state index contributed by atoms with van der Waals surface area (Å²) in [6.07, 6.45) is 3.39. The van der Waals surface area contributed by atoms with Crippen molar-refractivity contribution >= 4 is 16.9 Å². The highest BCUT2D eigenvalue weighted by Gasteiger charge is 2.29. The van der Waals surface area contributed by atoms with Gasteiger partial charge >= 0.3 is 6.03 Å². The van der Waals surface area contributed by atoms with Gasteiger partial charge in [0.2, 0.25) is 0 Å². The molecule has 1 atom stereocenters. The van der Waals surface area contributed by atoms with Gasteiger partial charge in [-0.2, -0.15) is 0 Å². The summed E-state index contributed by atoms with van der Waals surface area (Å²) in [5.74, 6) is 0.0739. The maximum atomic E-state index is 13.7. The van der Waals surface area contributed by atoms with Crippen LogP contribution in [0.4, 0.5) is 9.18 Å². The van der Waals surface area contributed by atoms with Crippen molar-refractivity contribution in [1.29, 1.82) is 0 Å². The number of benzene rings is 3. The van der Waals surface area contributed by atoms with E-state index < -0.39 is 6.04 Å². The van der Waals surface area contributed by atoms with Gasteiger partial charge in [-0.3, -0.25) is 9.36 Å². The number of para-hydroxylation sites is 1. The van der Waals surface area contributed by atoms with Gasteiger partial charge in [0.15, 0.2) is 0 Å². The van der Waals surface area contributed by atoms with Crippen molar-refractivity contribution < 1.29 is 9.18 Å². The molecule has 0 spiro atoms. The Bertz CT molecular complexity index is 1390. The van der Waals surface area contributed by atoms with Crippen LogP contribution >= 0.6 is 0 Å². The molecule has 1 aromatic heterocycles. The van der Waals surface area contributed by atoms with Crippen LogP contribution in [0.2, 0.25) is 0 Å². The first-order valence-corrected chi connectivity index (χ1v) is 12.9. The van der Waals surface area contributed by atoms with Gasteiger partial charge in [0, 0.05) is 13.1 Å². The van der Waals surface area contributed by atoms with E-state index in [0.29, 0.717) is 41.9 Å². The number of hydrogen-bond acceptors (Lipinski definition) is 3. The quantitative estimate of drug-likeness (QED) is 0.257. The predicted octanol–water partition coefficient (Wildman–Crippen LogP) is 6.38. The van der Waals surface area contributed by atoms with Crippen LogP contribution in [0.5, 0.6) is 0 Å². The Hall–Kier alpha value is -4.00. The summed E-state index contributed by atoms with van der Waals surface area (Å²) in [6.45, 7) is 5.03. The number of hydrogen-bond donors (Lipinski definition) is 1. The Morgan fingerprint density at radius 1 is 0.973 bits per heavy atom. The minimum absolute atomic E-state index is 0.208. The van der Waals surface area contributed by atoms with Crippen LogP contribution in [0.3, 0.4) is 0 Å². The molecule has 0 fully saturated rings. The van der Waals surface area contributed by atoms with E-state index >= 15 is 0 Å². The van der Waals surface area contributed by atoms with Crippen LogP contribution in [-0.4, -0.2) is 27.0 Å². The molecule has 37 heavy (non-hydrogen) atoms. The van der Waals surface area contributed by atoms with E-state index in [9.17, 15) is 14.0 Å². The zero-order valence-electron chi connectivity index (χ0n) is 21.4. The summed E-state index contributed by atoms with van der Waals surface area (Å²) < 4.78 is 15.3. The van der Waals surface area contributed by atoms with E-state index in [1.807, 2.05) is 43.3 Å². The topological polar surface area (TPSA) is 67.2 Å². The molecular formula is C30H33FN4O2. The highest BCUT2D eigenvalue weighted by Crippen LogP contribution is 2.27. The Labute approximate surface area is 216 Å². The molecule has 192 valence electrons. The van der Waals surface area contributed by atoms with Gasteiger partial charge in [0.25, 0.3) is 5.56 Å². The van der Waals surface area contributed by atoms with Crippen molar-refractivity contribution in [3.63, 3.8) is 0 Å². The average molecular weight is 501 g/mol. The van der Waals surface area contributed by atoms with Crippen LogP contribution in [0, 0.1) is 5.82 Å². The van der Waals surface area contributed by atoms with Gasteiger partial charge in [-0.15, -0.1) is 0 Å². The van der Waals surface area contributed by atoms with Gasteiger partial charge in [-0.25, -0.2) is 14.2 Å². The second-order valence-electron chi connectivity index (χ2n) is 9.07. The molecule has 1 unspecified atom stereocenters. The number of fused-ring (bicyclic) bond motifs is 1. The normalized spacial score (nSPS) is 11.9. The summed E-state index contributed by atoms with van der Waals surface area (Å²) in [4.78, 5) is 34.0. The number of aromatic nitrogens is 2. The van der Waals surface area contributed by atoms with Crippen LogP contribution in [-0.2, 0) is 6.54 Å². The number of carbonyl (C=O) groups is 1. The standard InChI is InChI=1S/C30H33FN4O2/c1-3-5-11-20-34(30(37)32-21-22-12-7-6-8-13-22)27(4-2)28-33-26-15-10-9-14-25(26)29(36)35(28)24-18-16-23(31)17-19-24/h6-10,12-19,27H,3-5,11,20-21H2,1-2H3,(H,32,37). The smallest absolute Gasteiger partial charge is 0.318 e. The third-order valence-electron chi connectivity index (χ3n) is 6.50. The molecule has 4 rings (SSSR count). The lowest BCUT2D eigenvalue weighted by molar-refractivity contribution is 0.166. The summed E-state index contributed by atoms with van der Waals surface area (Å²) in [7, 11) is 0. The van der Waals surface area contributed by atoms with Crippen molar-refractivity contribution in [1.82, 2.24) is 19.8 Å². The Kier molecular flexibility index (Phi) is 8.67. The Morgan fingerprint density at radius 3 is 2.38 bits per heavy atom. The molecule has 0 radical (unpaired) electrons. The summed E-state index contributed by atoms with van der Waals surface area (Å²) in [6, 6.07) is 22.1. The molecule has 6 nitrogen and oxygen atoms in total. The van der Waals surface area contributed by atoms with Crippen LogP contribution < -0.4 is 10.9 Å². The molecule has 7 heteroatoms. The van der Waals surface area contributed by atoms with Gasteiger partial charge in [-0.05, 0) is 54.8 Å². The molecule has 0 aliphatic heterocycles. The lowest BCUT2D eigenvalue weighted by atomic mass is 10.1. The minimum atomic E-state index is -0.463. The lowest BCUT2D eigenvalue weighted by Crippen LogP contribution is -2.44. The molecule has 0 saturated heterocycles. The number of urea groups is 1. The summed E-state index contributed by atoms with van der Waals surface area (Å²) >= 11 is 0. The molecule has 4 aromatic rings. The highest BCUT2D eigenvalue weighted by atomic mass is 19.1. The number of amides is 2. The van der Waals surface area contributed by atoms with Gasteiger partial charge in [-0.1, -0.05) is 69.2 Å². The first kappa shape index (κ1) is 26.1. The highest BCUT2D eigenvalue weighted by molar-refractivity contribution is 5.78. The number of nitrogens with one attached hydrogen (secondary N) is 1. The molecule has 0 aliphatic carbocycles. The van der Waals surface area contributed by atoms with Crippen molar-refractivity contribution in [2.45, 2.75) is 52.1 Å². The molecule has 0 saturated carbocycles. The average Bonchev–Trinajstić information content (AvgIpc) is 2.93. The van der Waals surface area contributed by atoms with Crippen LogP contribution in [0.15, 0.2) is 83.7 Å². The SMILES string of the molecule is CCCCCN(C(=O)NCc1ccccc1)C(CC)c1nc2ccccc2c(=O)n1-c1ccc(F)cc1. The van der Waals surface area contributed by atoms with Crippen LogP contribution in [0.1, 0.15) is 57.0 Å². The fraction of sp³-hybridized carbons (Fsp3) is 0.300. The first-order valence-electron chi connectivity index (χ1n) is 12.9. The van der Waals surface area contributed by atoms with Crippen LogP contribution in [0.25, 0.3) is 16.6 Å². The van der Waals surface area contributed by atoms with E-state index in [1.165, 1.54) is 16.7 Å². The molecule has 2 amide bonds. The fourth-order valence-corrected chi connectivity index (χ4v) is 4.56. The van der Waals surface area contributed by atoms with E-state index in [2.05, 4.69) is 12.2 Å². The fourth-order valence-electron chi connectivity index (χ4n) is 4.56. The summed E-state index contributed by atoms with van der Waals surface area (Å²) in [5.41, 5.74) is 1.84. The van der Waals surface area contributed by atoms with Gasteiger partial charge < -0.3 is 10.2 Å². The number of halogens is 1. The molecule has 0 bridgehead atoms. The lowest BCUT2D eigenvalue weighted by Gasteiger charge is -2.32. The van der Waals surface area contributed by atoms with Crippen molar-refractivity contribution in [2.24, 2.45) is 0 Å². The second kappa shape index (κ2) is 12.3. The van der Waals surface area contributed by atoms with Crippen molar-refractivity contribution in [3.05, 3.63) is 106 Å². The zero-order valence-corrected chi connectivity index (χ0v) is 21.4.